The Morgan fingerprint density at radius 1 is 1.05 bits per heavy atom. The largest absolute Gasteiger partial charge is 0.478 e. The summed E-state index contributed by atoms with van der Waals surface area (Å²) in [6.07, 6.45) is 0. The second-order valence-corrected chi connectivity index (χ2v) is 5.42. The second-order valence-electron chi connectivity index (χ2n) is 4.36. The Kier molecular flexibility index (Phi) is 3.58. The third kappa shape index (κ3) is 2.73. The van der Waals surface area contributed by atoms with Gasteiger partial charge in [0.1, 0.15) is 10.8 Å². The summed E-state index contributed by atoms with van der Waals surface area (Å²) >= 11 is 1.21. The van der Waals surface area contributed by atoms with E-state index in [9.17, 15) is 9.18 Å². The zero-order valence-corrected chi connectivity index (χ0v) is 11.6. The van der Waals surface area contributed by atoms with E-state index >= 15 is 0 Å². The summed E-state index contributed by atoms with van der Waals surface area (Å²) in [5.41, 5.74) is 0.790. The molecule has 3 rings (SSSR count). The maximum Gasteiger partial charge on any atom is 0.336 e. The average Bonchev–Trinajstić information content (AvgIpc) is 2.48. The Balaban J connectivity index is 2.03. The zero-order chi connectivity index (χ0) is 14.8. The number of benzene rings is 2. The van der Waals surface area contributed by atoms with Crippen LogP contribution < -0.4 is 0 Å². The van der Waals surface area contributed by atoms with Gasteiger partial charge >= 0.3 is 5.97 Å². The highest BCUT2D eigenvalue weighted by atomic mass is 32.2. The standard InChI is InChI=1S/C16H10FNO2S/c17-12-5-1-2-7-14(12)21-15-9-8-10-11(16(19)20)4-3-6-13(10)18-15/h1-9H,(H,19,20). The number of aromatic carboxylic acids is 1. The molecule has 3 aromatic rings. The molecule has 2 aromatic carbocycles. The van der Waals surface area contributed by atoms with Crippen molar-refractivity contribution in [3.63, 3.8) is 0 Å². The first-order valence-electron chi connectivity index (χ1n) is 6.20. The van der Waals surface area contributed by atoms with Crippen LogP contribution in [0.5, 0.6) is 0 Å². The molecule has 104 valence electrons. The van der Waals surface area contributed by atoms with E-state index in [1.165, 1.54) is 23.9 Å². The van der Waals surface area contributed by atoms with Crippen LogP contribution in [0.4, 0.5) is 4.39 Å². The Morgan fingerprint density at radius 2 is 1.86 bits per heavy atom. The van der Waals surface area contributed by atoms with Gasteiger partial charge in [-0.15, -0.1) is 0 Å². The predicted molar refractivity (Wildman–Crippen MR) is 79.2 cm³/mol. The van der Waals surface area contributed by atoms with E-state index < -0.39 is 5.97 Å². The molecule has 21 heavy (non-hydrogen) atoms. The molecule has 0 spiro atoms. The highest BCUT2D eigenvalue weighted by Crippen LogP contribution is 2.30. The van der Waals surface area contributed by atoms with E-state index in [1.807, 2.05) is 0 Å². The topological polar surface area (TPSA) is 50.2 Å². The summed E-state index contributed by atoms with van der Waals surface area (Å²) in [4.78, 5) is 16.0. The third-order valence-corrected chi connectivity index (χ3v) is 3.98. The van der Waals surface area contributed by atoms with Crippen molar-refractivity contribution in [3.8, 4) is 0 Å². The van der Waals surface area contributed by atoms with Crippen LogP contribution in [0.1, 0.15) is 10.4 Å². The summed E-state index contributed by atoms with van der Waals surface area (Å²) in [6.45, 7) is 0. The minimum absolute atomic E-state index is 0.211. The van der Waals surface area contributed by atoms with E-state index in [4.69, 9.17) is 5.11 Å². The Hall–Kier alpha value is -2.40. The SMILES string of the molecule is O=C(O)c1cccc2nc(Sc3ccccc3F)ccc12. The first kappa shape index (κ1) is 13.6. The molecule has 1 heterocycles. The van der Waals surface area contributed by atoms with Crippen LogP contribution in [0.3, 0.4) is 0 Å². The number of rotatable bonds is 3. The van der Waals surface area contributed by atoms with Gasteiger partial charge in [0.25, 0.3) is 0 Å². The molecule has 1 N–H and O–H groups in total. The van der Waals surface area contributed by atoms with Gasteiger partial charge in [0, 0.05) is 10.3 Å². The third-order valence-electron chi connectivity index (χ3n) is 2.99. The molecule has 1 aromatic heterocycles. The van der Waals surface area contributed by atoms with Crippen LogP contribution in [0.2, 0.25) is 0 Å². The van der Waals surface area contributed by atoms with Crippen molar-refractivity contribution in [2.45, 2.75) is 9.92 Å². The lowest BCUT2D eigenvalue weighted by atomic mass is 10.1. The minimum Gasteiger partial charge on any atom is -0.478 e. The first-order chi connectivity index (χ1) is 10.1. The molecule has 0 saturated heterocycles. The molecule has 5 heteroatoms. The smallest absolute Gasteiger partial charge is 0.336 e. The normalized spacial score (nSPS) is 10.7. The van der Waals surface area contributed by atoms with Crippen LogP contribution in [0, 0.1) is 5.82 Å². The van der Waals surface area contributed by atoms with Gasteiger partial charge in [-0.05, 0) is 36.4 Å². The number of aromatic nitrogens is 1. The molecule has 0 aliphatic carbocycles. The fourth-order valence-corrected chi connectivity index (χ4v) is 2.84. The van der Waals surface area contributed by atoms with Crippen molar-refractivity contribution < 1.29 is 14.3 Å². The monoisotopic (exact) mass is 299 g/mol. The van der Waals surface area contributed by atoms with E-state index in [0.717, 1.165) is 0 Å². The van der Waals surface area contributed by atoms with Crippen molar-refractivity contribution in [1.29, 1.82) is 0 Å². The Labute approximate surface area is 124 Å². The Bertz CT molecular complexity index is 835. The van der Waals surface area contributed by atoms with Gasteiger partial charge in [-0.3, -0.25) is 0 Å². The maximum atomic E-state index is 13.6. The van der Waals surface area contributed by atoms with Gasteiger partial charge in [0.15, 0.2) is 0 Å². The lowest BCUT2D eigenvalue weighted by molar-refractivity contribution is 0.0699. The van der Waals surface area contributed by atoms with Crippen LogP contribution >= 0.6 is 11.8 Å². The number of fused-ring (bicyclic) bond motifs is 1. The summed E-state index contributed by atoms with van der Waals surface area (Å²) in [5.74, 6) is -1.29. The molecule has 0 amide bonds. The number of carboxylic acid groups (broad SMARTS) is 1. The van der Waals surface area contributed by atoms with Crippen LogP contribution in [-0.4, -0.2) is 16.1 Å². The van der Waals surface area contributed by atoms with E-state index in [0.29, 0.717) is 20.8 Å². The van der Waals surface area contributed by atoms with Gasteiger partial charge in [0.05, 0.1) is 11.1 Å². The highest BCUT2D eigenvalue weighted by Gasteiger charge is 2.10. The lowest BCUT2D eigenvalue weighted by Gasteiger charge is -2.05. The van der Waals surface area contributed by atoms with Crippen molar-refractivity contribution in [3.05, 3.63) is 66.0 Å². The molecule has 0 saturated carbocycles. The maximum absolute atomic E-state index is 13.6. The van der Waals surface area contributed by atoms with Gasteiger partial charge in [-0.25, -0.2) is 14.2 Å². The number of nitrogens with zero attached hydrogens (tertiary/aromatic N) is 1. The Morgan fingerprint density at radius 3 is 2.62 bits per heavy atom. The van der Waals surface area contributed by atoms with E-state index in [2.05, 4.69) is 4.98 Å². The summed E-state index contributed by atoms with van der Waals surface area (Å²) in [7, 11) is 0. The van der Waals surface area contributed by atoms with Crippen molar-refractivity contribution >= 4 is 28.6 Å². The fraction of sp³-hybridized carbons (Fsp3) is 0. The average molecular weight is 299 g/mol. The van der Waals surface area contributed by atoms with Crippen LogP contribution in [0.15, 0.2) is 64.5 Å². The van der Waals surface area contributed by atoms with Crippen LogP contribution in [-0.2, 0) is 0 Å². The van der Waals surface area contributed by atoms with Crippen molar-refractivity contribution in [1.82, 2.24) is 4.98 Å². The number of hydrogen-bond donors (Lipinski definition) is 1. The fourth-order valence-electron chi connectivity index (χ4n) is 2.02. The summed E-state index contributed by atoms with van der Waals surface area (Å²) in [6, 6.07) is 14.8. The quantitative estimate of drug-likeness (QED) is 0.786. The molecular weight excluding hydrogens is 289 g/mol. The van der Waals surface area contributed by atoms with E-state index in [1.54, 1.807) is 42.5 Å². The molecule has 3 nitrogen and oxygen atoms in total. The zero-order valence-electron chi connectivity index (χ0n) is 10.8. The molecule has 0 unspecified atom stereocenters. The lowest BCUT2D eigenvalue weighted by Crippen LogP contribution is -1.98. The predicted octanol–water partition coefficient (Wildman–Crippen LogP) is 4.22. The highest BCUT2D eigenvalue weighted by molar-refractivity contribution is 7.99. The van der Waals surface area contributed by atoms with Crippen LogP contribution in [0.25, 0.3) is 10.9 Å². The number of halogens is 1. The van der Waals surface area contributed by atoms with Crippen molar-refractivity contribution in [2.75, 3.05) is 0 Å². The second kappa shape index (κ2) is 5.54. The molecule has 0 aliphatic heterocycles. The number of hydrogen-bond acceptors (Lipinski definition) is 3. The number of carbonyl (C=O) groups is 1. The first-order valence-corrected chi connectivity index (χ1v) is 7.02. The van der Waals surface area contributed by atoms with Gasteiger partial charge < -0.3 is 5.11 Å². The summed E-state index contributed by atoms with van der Waals surface area (Å²) in [5, 5.41) is 10.3. The molecular formula is C16H10FNO2S. The van der Waals surface area contributed by atoms with Gasteiger partial charge in [-0.1, -0.05) is 30.0 Å². The van der Waals surface area contributed by atoms with Crippen molar-refractivity contribution in [2.24, 2.45) is 0 Å². The molecule has 0 aliphatic rings. The number of pyridine rings is 1. The molecule has 0 radical (unpaired) electrons. The summed E-state index contributed by atoms with van der Waals surface area (Å²) < 4.78 is 13.6. The van der Waals surface area contributed by atoms with E-state index in [-0.39, 0.29) is 11.4 Å². The molecule has 0 atom stereocenters. The minimum atomic E-state index is -0.989. The number of carboxylic acids is 1. The molecule has 0 fully saturated rings. The van der Waals surface area contributed by atoms with Gasteiger partial charge in [-0.2, -0.15) is 0 Å². The molecule has 0 bridgehead atoms. The van der Waals surface area contributed by atoms with Gasteiger partial charge in [0.2, 0.25) is 0 Å².